The third-order valence-electron chi connectivity index (χ3n) is 7.32. The van der Waals surface area contributed by atoms with Crippen molar-refractivity contribution in [2.24, 2.45) is 5.73 Å². The van der Waals surface area contributed by atoms with Crippen LogP contribution < -0.4 is 11.1 Å². The fourth-order valence-corrected chi connectivity index (χ4v) is 5.62. The number of nitrogens with zero attached hydrogens (tertiary/aromatic N) is 3. The van der Waals surface area contributed by atoms with E-state index in [9.17, 15) is 4.79 Å². The minimum atomic E-state index is -0.0633. The number of nitrogens with one attached hydrogen (secondary N) is 1. The van der Waals surface area contributed by atoms with Gasteiger partial charge in [0.05, 0.1) is 5.69 Å². The highest BCUT2D eigenvalue weighted by atomic mass is 35.5. The van der Waals surface area contributed by atoms with Gasteiger partial charge in [0.2, 0.25) is 0 Å². The number of fused-ring (bicyclic) bond motifs is 1. The van der Waals surface area contributed by atoms with Gasteiger partial charge in [-0.1, -0.05) is 49.1 Å². The van der Waals surface area contributed by atoms with E-state index in [1.54, 1.807) is 0 Å². The van der Waals surface area contributed by atoms with Crippen molar-refractivity contribution in [3.8, 4) is 0 Å². The molecule has 3 N–H and O–H groups in total. The van der Waals surface area contributed by atoms with E-state index in [0.29, 0.717) is 12.2 Å². The Morgan fingerprint density at radius 3 is 2.67 bits per heavy atom. The van der Waals surface area contributed by atoms with Crippen molar-refractivity contribution in [2.75, 3.05) is 19.6 Å². The zero-order chi connectivity index (χ0) is 22.8. The number of imidazole rings is 1. The molecule has 1 saturated heterocycles. The van der Waals surface area contributed by atoms with E-state index in [0.717, 1.165) is 55.3 Å². The van der Waals surface area contributed by atoms with Gasteiger partial charge in [-0.15, -0.1) is 0 Å². The van der Waals surface area contributed by atoms with Gasteiger partial charge in [-0.05, 0) is 49.1 Å². The summed E-state index contributed by atoms with van der Waals surface area (Å²) in [5, 5.41) is 4.00. The minimum absolute atomic E-state index is 0.0407. The Morgan fingerprint density at radius 1 is 1.15 bits per heavy atom. The van der Waals surface area contributed by atoms with E-state index >= 15 is 0 Å². The summed E-state index contributed by atoms with van der Waals surface area (Å²) in [4.78, 5) is 20.4. The average molecular weight is 466 g/mol. The molecule has 1 saturated carbocycles. The maximum Gasteiger partial charge on any atom is 0.268 e. The molecule has 3 aromatic rings. The van der Waals surface area contributed by atoms with Crippen LogP contribution in [0.15, 0.2) is 48.7 Å². The summed E-state index contributed by atoms with van der Waals surface area (Å²) in [6.45, 7) is 3.27. The van der Waals surface area contributed by atoms with Crippen LogP contribution in [0, 0.1) is 0 Å². The van der Waals surface area contributed by atoms with Gasteiger partial charge in [0.15, 0.2) is 0 Å². The topological polar surface area (TPSA) is 75.7 Å². The van der Waals surface area contributed by atoms with Crippen molar-refractivity contribution in [2.45, 2.75) is 56.5 Å². The third-order valence-corrected chi connectivity index (χ3v) is 7.58. The first kappa shape index (κ1) is 22.4. The van der Waals surface area contributed by atoms with E-state index in [1.165, 1.54) is 24.8 Å². The number of nitrogens with two attached hydrogens (primary N) is 1. The number of pyridine rings is 1. The molecule has 1 aromatic carbocycles. The standard InChI is InChI=1S/C26H32ClN5O/c27-20-9-7-19(8-10-20)26(12-2-1-3-13-26)18-29-25(33)23-5-4-6-24-30-22(17-32(23)24)16-31-14-11-21(28)15-31/h4-10,17,21H,1-3,11-16,18,28H2,(H,29,33)/t21-/m1/s1. The van der Waals surface area contributed by atoms with Crippen LogP contribution in [-0.4, -0.2) is 45.9 Å². The number of halogens is 1. The number of likely N-dealkylation sites (tertiary alicyclic amines) is 1. The summed E-state index contributed by atoms with van der Waals surface area (Å²) in [7, 11) is 0. The lowest BCUT2D eigenvalue weighted by atomic mass is 9.69. The highest BCUT2D eigenvalue weighted by Crippen LogP contribution is 2.39. The maximum absolute atomic E-state index is 13.3. The molecule has 2 fully saturated rings. The van der Waals surface area contributed by atoms with E-state index in [-0.39, 0.29) is 17.4 Å². The second-order valence-electron chi connectivity index (χ2n) is 9.69. The van der Waals surface area contributed by atoms with Gasteiger partial charge in [-0.25, -0.2) is 4.98 Å². The van der Waals surface area contributed by atoms with Crippen LogP contribution in [0.25, 0.3) is 5.65 Å². The zero-order valence-corrected chi connectivity index (χ0v) is 19.7. The summed E-state index contributed by atoms with van der Waals surface area (Å²) >= 11 is 6.13. The van der Waals surface area contributed by atoms with Crippen LogP contribution in [-0.2, 0) is 12.0 Å². The highest BCUT2D eigenvalue weighted by molar-refractivity contribution is 6.30. The van der Waals surface area contributed by atoms with Crippen molar-refractivity contribution in [1.29, 1.82) is 0 Å². The van der Waals surface area contributed by atoms with E-state index in [4.69, 9.17) is 22.3 Å². The number of hydrogen-bond donors (Lipinski definition) is 2. The summed E-state index contributed by atoms with van der Waals surface area (Å²) in [6, 6.07) is 14.1. The van der Waals surface area contributed by atoms with Crippen molar-refractivity contribution in [3.05, 3.63) is 70.6 Å². The van der Waals surface area contributed by atoms with Gasteiger partial charge in [0.25, 0.3) is 5.91 Å². The number of carbonyl (C=O) groups is 1. The average Bonchev–Trinajstić information content (AvgIpc) is 3.43. The highest BCUT2D eigenvalue weighted by Gasteiger charge is 2.34. The van der Waals surface area contributed by atoms with E-state index in [2.05, 4.69) is 22.3 Å². The fourth-order valence-electron chi connectivity index (χ4n) is 5.50. The number of aromatic nitrogens is 2. The lowest BCUT2D eigenvalue weighted by molar-refractivity contribution is 0.0930. The Kier molecular flexibility index (Phi) is 6.41. The zero-order valence-electron chi connectivity index (χ0n) is 19.0. The first-order valence-corrected chi connectivity index (χ1v) is 12.4. The van der Waals surface area contributed by atoms with Crippen LogP contribution in [0.5, 0.6) is 0 Å². The number of rotatable bonds is 6. The minimum Gasteiger partial charge on any atom is -0.350 e. The number of amides is 1. The van der Waals surface area contributed by atoms with Crippen molar-refractivity contribution >= 4 is 23.2 Å². The normalized spacial score (nSPS) is 20.8. The molecule has 1 aliphatic carbocycles. The van der Waals surface area contributed by atoms with Gasteiger partial charge < -0.3 is 11.1 Å². The van der Waals surface area contributed by atoms with Gasteiger partial charge in [-0.2, -0.15) is 0 Å². The third kappa shape index (κ3) is 4.79. The maximum atomic E-state index is 13.3. The second-order valence-corrected chi connectivity index (χ2v) is 10.1. The second kappa shape index (κ2) is 9.45. The van der Waals surface area contributed by atoms with Crippen LogP contribution in [0.4, 0.5) is 0 Å². The molecular formula is C26H32ClN5O. The molecule has 174 valence electrons. The van der Waals surface area contributed by atoms with Crippen molar-refractivity contribution in [1.82, 2.24) is 19.6 Å². The molecule has 7 heteroatoms. The molecule has 1 aliphatic heterocycles. The van der Waals surface area contributed by atoms with Gasteiger partial charge in [0.1, 0.15) is 11.3 Å². The quantitative estimate of drug-likeness (QED) is 0.573. The molecule has 3 heterocycles. The molecule has 33 heavy (non-hydrogen) atoms. The predicted molar refractivity (Wildman–Crippen MR) is 132 cm³/mol. The number of benzene rings is 1. The monoisotopic (exact) mass is 465 g/mol. The van der Waals surface area contributed by atoms with Gasteiger partial charge in [-0.3, -0.25) is 14.1 Å². The summed E-state index contributed by atoms with van der Waals surface area (Å²) in [5.41, 5.74) is 9.65. The van der Waals surface area contributed by atoms with Crippen molar-refractivity contribution < 1.29 is 4.79 Å². The molecule has 0 unspecified atom stereocenters. The molecule has 0 radical (unpaired) electrons. The molecule has 1 atom stereocenters. The molecular weight excluding hydrogens is 434 g/mol. The van der Waals surface area contributed by atoms with Crippen molar-refractivity contribution in [3.63, 3.8) is 0 Å². The van der Waals surface area contributed by atoms with E-state index in [1.807, 2.05) is 40.9 Å². The Labute approximate surface area is 200 Å². The summed E-state index contributed by atoms with van der Waals surface area (Å²) < 4.78 is 1.91. The molecule has 0 bridgehead atoms. The molecule has 2 aromatic heterocycles. The van der Waals surface area contributed by atoms with Crippen LogP contribution in [0.3, 0.4) is 0 Å². The smallest absolute Gasteiger partial charge is 0.268 e. The van der Waals surface area contributed by atoms with Crippen LogP contribution in [0.2, 0.25) is 5.02 Å². The number of hydrogen-bond acceptors (Lipinski definition) is 4. The van der Waals surface area contributed by atoms with Crippen LogP contribution in [0.1, 0.15) is 60.3 Å². The molecule has 0 spiro atoms. The lowest BCUT2D eigenvalue weighted by Crippen LogP contribution is -2.42. The lowest BCUT2D eigenvalue weighted by Gasteiger charge is -2.38. The molecule has 6 nitrogen and oxygen atoms in total. The SMILES string of the molecule is N[C@@H]1CCN(Cc2cn3c(C(=O)NCC4(c5ccc(Cl)cc5)CCCCC4)cccc3n2)C1. The Morgan fingerprint density at radius 2 is 1.94 bits per heavy atom. The first-order chi connectivity index (χ1) is 16.0. The predicted octanol–water partition coefficient (Wildman–Crippen LogP) is 4.15. The summed E-state index contributed by atoms with van der Waals surface area (Å²) in [6.07, 6.45) is 8.78. The summed E-state index contributed by atoms with van der Waals surface area (Å²) in [5.74, 6) is -0.0633. The Hall–Kier alpha value is -2.41. The Balaban J connectivity index is 1.34. The molecule has 5 rings (SSSR count). The fraction of sp³-hybridized carbons (Fsp3) is 0.462. The van der Waals surface area contributed by atoms with E-state index < -0.39 is 0 Å². The Bertz CT molecular complexity index is 1120. The first-order valence-electron chi connectivity index (χ1n) is 12.0. The molecule has 2 aliphatic rings. The largest absolute Gasteiger partial charge is 0.350 e. The van der Waals surface area contributed by atoms with Gasteiger partial charge >= 0.3 is 0 Å². The molecule has 1 amide bonds. The number of carbonyl (C=O) groups excluding carboxylic acids is 1. The van der Waals surface area contributed by atoms with Gasteiger partial charge in [0, 0.05) is 48.9 Å². The van der Waals surface area contributed by atoms with Crippen LogP contribution >= 0.6 is 11.6 Å².